The highest BCUT2D eigenvalue weighted by atomic mass is 16.7. The summed E-state index contributed by atoms with van der Waals surface area (Å²) >= 11 is 0. The minimum absolute atomic E-state index is 0.146. The first-order valence-corrected chi connectivity index (χ1v) is 5.24. The molecule has 0 heterocycles. The Hall–Kier alpha value is -0.340. The number of hydrogen-bond acceptors (Lipinski definition) is 2. The lowest BCUT2D eigenvalue weighted by molar-refractivity contribution is -0.104. The Labute approximate surface area is 81.9 Å². The lowest BCUT2D eigenvalue weighted by Gasteiger charge is -2.12. The first-order valence-electron chi connectivity index (χ1n) is 5.24. The summed E-state index contributed by atoms with van der Waals surface area (Å²) in [5.41, 5.74) is 0. The predicted octanol–water partition coefficient (Wildman–Crippen LogP) is 3.13. The third-order valence-electron chi connectivity index (χ3n) is 1.68. The molecule has 0 saturated heterocycles. The van der Waals surface area contributed by atoms with Crippen LogP contribution in [-0.2, 0) is 9.47 Å². The second kappa shape index (κ2) is 9.75. The molecular weight excluding hydrogens is 164 g/mol. The van der Waals surface area contributed by atoms with E-state index in [1.165, 1.54) is 12.8 Å². The van der Waals surface area contributed by atoms with E-state index in [2.05, 4.69) is 13.0 Å². The van der Waals surface area contributed by atoms with Gasteiger partial charge < -0.3 is 9.47 Å². The van der Waals surface area contributed by atoms with Gasteiger partial charge in [-0.1, -0.05) is 25.8 Å². The monoisotopic (exact) mass is 186 g/mol. The molecule has 0 aliphatic heterocycles. The maximum absolute atomic E-state index is 5.35. The summed E-state index contributed by atoms with van der Waals surface area (Å²) in [5, 5.41) is 0. The van der Waals surface area contributed by atoms with Crippen LogP contribution in [0.2, 0.25) is 0 Å². The third-order valence-corrected chi connectivity index (χ3v) is 1.68. The van der Waals surface area contributed by atoms with Crippen LogP contribution in [0.5, 0.6) is 0 Å². The summed E-state index contributed by atoms with van der Waals surface area (Å²) in [5.74, 6) is 0. The van der Waals surface area contributed by atoms with E-state index < -0.39 is 0 Å². The van der Waals surface area contributed by atoms with E-state index in [1.54, 1.807) is 0 Å². The van der Waals surface area contributed by atoms with Crippen LogP contribution in [0.3, 0.4) is 0 Å². The van der Waals surface area contributed by atoms with Crippen molar-refractivity contribution < 1.29 is 9.47 Å². The Kier molecular flexibility index (Phi) is 9.49. The Morgan fingerprint density at radius 3 is 2.15 bits per heavy atom. The highest BCUT2D eigenvalue weighted by molar-refractivity contribution is 4.85. The molecule has 2 heteroatoms. The van der Waals surface area contributed by atoms with Gasteiger partial charge in [0.2, 0.25) is 0 Å². The SMILES string of the molecule is CCCCC=CC(OCC)OCC. The molecular formula is C11H22O2. The summed E-state index contributed by atoms with van der Waals surface area (Å²) in [6.07, 6.45) is 7.58. The van der Waals surface area contributed by atoms with Gasteiger partial charge in [0.1, 0.15) is 0 Å². The summed E-state index contributed by atoms with van der Waals surface area (Å²) in [7, 11) is 0. The van der Waals surface area contributed by atoms with Crippen LogP contribution in [0.1, 0.15) is 40.0 Å². The van der Waals surface area contributed by atoms with Crippen molar-refractivity contribution in [3.8, 4) is 0 Å². The van der Waals surface area contributed by atoms with Crippen molar-refractivity contribution in [2.75, 3.05) is 13.2 Å². The zero-order valence-corrected chi connectivity index (χ0v) is 9.08. The van der Waals surface area contributed by atoms with Crippen LogP contribution in [0.25, 0.3) is 0 Å². The lowest BCUT2D eigenvalue weighted by Crippen LogP contribution is -2.13. The largest absolute Gasteiger partial charge is 0.349 e. The minimum Gasteiger partial charge on any atom is -0.349 e. The summed E-state index contributed by atoms with van der Waals surface area (Å²) in [4.78, 5) is 0. The van der Waals surface area contributed by atoms with Crippen molar-refractivity contribution in [3.05, 3.63) is 12.2 Å². The molecule has 0 rings (SSSR count). The Balaban J connectivity index is 3.58. The van der Waals surface area contributed by atoms with Gasteiger partial charge in [0.15, 0.2) is 6.29 Å². The molecule has 2 nitrogen and oxygen atoms in total. The Bertz CT molecular complexity index is 115. The van der Waals surface area contributed by atoms with Crippen molar-refractivity contribution in [1.82, 2.24) is 0 Å². The molecule has 0 aromatic carbocycles. The molecule has 0 saturated carbocycles. The number of allylic oxidation sites excluding steroid dienone is 1. The van der Waals surface area contributed by atoms with Crippen molar-refractivity contribution in [2.45, 2.75) is 46.3 Å². The molecule has 0 aromatic heterocycles. The summed E-state index contributed by atoms with van der Waals surface area (Å²) in [6.45, 7) is 7.54. The summed E-state index contributed by atoms with van der Waals surface area (Å²) in [6, 6.07) is 0. The zero-order chi connectivity index (χ0) is 9.94. The van der Waals surface area contributed by atoms with E-state index in [0.29, 0.717) is 13.2 Å². The molecule has 0 N–H and O–H groups in total. The molecule has 0 unspecified atom stereocenters. The fourth-order valence-corrected chi connectivity index (χ4v) is 1.02. The second-order valence-electron chi connectivity index (χ2n) is 2.85. The van der Waals surface area contributed by atoms with Crippen molar-refractivity contribution in [1.29, 1.82) is 0 Å². The van der Waals surface area contributed by atoms with Gasteiger partial charge in [0, 0.05) is 13.2 Å². The van der Waals surface area contributed by atoms with Crippen LogP contribution in [-0.4, -0.2) is 19.5 Å². The molecule has 0 radical (unpaired) electrons. The van der Waals surface area contributed by atoms with Gasteiger partial charge in [-0.3, -0.25) is 0 Å². The highest BCUT2D eigenvalue weighted by Gasteiger charge is 2.00. The normalized spacial score (nSPS) is 11.7. The lowest BCUT2D eigenvalue weighted by atomic mass is 10.2. The maximum atomic E-state index is 5.35. The third kappa shape index (κ3) is 8.00. The molecule has 0 bridgehead atoms. The number of hydrogen-bond donors (Lipinski definition) is 0. The first-order chi connectivity index (χ1) is 6.35. The van der Waals surface area contributed by atoms with Crippen molar-refractivity contribution >= 4 is 0 Å². The molecule has 0 amide bonds. The topological polar surface area (TPSA) is 18.5 Å². The van der Waals surface area contributed by atoms with Crippen molar-refractivity contribution in [2.24, 2.45) is 0 Å². The maximum Gasteiger partial charge on any atom is 0.176 e. The molecule has 0 aliphatic rings. The molecule has 0 fully saturated rings. The average molecular weight is 186 g/mol. The van der Waals surface area contributed by atoms with E-state index in [4.69, 9.17) is 9.47 Å². The minimum atomic E-state index is -0.146. The standard InChI is InChI=1S/C11H22O2/c1-4-7-8-9-10-11(12-5-2)13-6-3/h9-11H,4-8H2,1-3H3. The number of ether oxygens (including phenoxy) is 2. The molecule has 78 valence electrons. The van der Waals surface area contributed by atoms with Gasteiger partial charge >= 0.3 is 0 Å². The van der Waals surface area contributed by atoms with Gasteiger partial charge in [0.05, 0.1) is 0 Å². The van der Waals surface area contributed by atoms with Gasteiger partial charge in [-0.2, -0.15) is 0 Å². The van der Waals surface area contributed by atoms with Crippen LogP contribution >= 0.6 is 0 Å². The van der Waals surface area contributed by atoms with E-state index in [-0.39, 0.29) is 6.29 Å². The number of unbranched alkanes of at least 4 members (excludes halogenated alkanes) is 2. The predicted molar refractivity (Wildman–Crippen MR) is 55.7 cm³/mol. The van der Waals surface area contributed by atoms with Crippen molar-refractivity contribution in [3.63, 3.8) is 0 Å². The van der Waals surface area contributed by atoms with Gasteiger partial charge in [-0.25, -0.2) is 0 Å². The average Bonchev–Trinajstić information content (AvgIpc) is 2.13. The van der Waals surface area contributed by atoms with Crippen LogP contribution in [0.15, 0.2) is 12.2 Å². The Morgan fingerprint density at radius 2 is 1.69 bits per heavy atom. The van der Waals surface area contributed by atoms with E-state index in [1.807, 2.05) is 19.9 Å². The molecule has 13 heavy (non-hydrogen) atoms. The van der Waals surface area contributed by atoms with Crippen LogP contribution < -0.4 is 0 Å². The van der Waals surface area contributed by atoms with Crippen LogP contribution in [0, 0.1) is 0 Å². The smallest absolute Gasteiger partial charge is 0.176 e. The van der Waals surface area contributed by atoms with Gasteiger partial charge in [-0.15, -0.1) is 0 Å². The molecule has 0 aromatic rings. The van der Waals surface area contributed by atoms with Crippen LogP contribution in [0.4, 0.5) is 0 Å². The molecule has 0 aliphatic carbocycles. The Morgan fingerprint density at radius 1 is 1.08 bits per heavy atom. The molecule has 0 spiro atoms. The van der Waals surface area contributed by atoms with E-state index >= 15 is 0 Å². The second-order valence-corrected chi connectivity index (χ2v) is 2.85. The highest BCUT2D eigenvalue weighted by Crippen LogP contribution is 2.01. The van der Waals surface area contributed by atoms with E-state index in [0.717, 1.165) is 6.42 Å². The quantitative estimate of drug-likeness (QED) is 0.329. The van der Waals surface area contributed by atoms with Gasteiger partial charge in [-0.05, 0) is 26.3 Å². The van der Waals surface area contributed by atoms with E-state index in [9.17, 15) is 0 Å². The first kappa shape index (κ1) is 12.7. The number of rotatable bonds is 8. The van der Waals surface area contributed by atoms with Gasteiger partial charge in [0.25, 0.3) is 0 Å². The fourth-order valence-electron chi connectivity index (χ4n) is 1.02. The summed E-state index contributed by atoms with van der Waals surface area (Å²) < 4.78 is 10.7. The zero-order valence-electron chi connectivity index (χ0n) is 9.08. The fraction of sp³-hybridized carbons (Fsp3) is 0.818. The molecule has 0 atom stereocenters.